The van der Waals surface area contributed by atoms with E-state index in [1.54, 1.807) is 0 Å². The maximum atomic E-state index is 12.4. The molecule has 0 bridgehead atoms. The number of aryl methyl sites for hydroxylation is 2. The van der Waals surface area contributed by atoms with Crippen LogP contribution in [0, 0.1) is 6.92 Å². The van der Waals surface area contributed by atoms with E-state index in [-0.39, 0.29) is 17.5 Å². The predicted molar refractivity (Wildman–Crippen MR) is 83.8 cm³/mol. The SMILES string of the molecule is Cc1cc(C(=O)N[C@@H]2CCc3nccn3C2)nn1C(C)(C)C. The number of imidazole rings is 1. The topological polar surface area (TPSA) is 64.7 Å². The Bertz CT molecular complexity index is 692. The highest BCUT2D eigenvalue weighted by Crippen LogP contribution is 2.17. The van der Waals surface area contributed by atoms with Crippen molar-refractivity contribution >= 4 is 5.91 Å². The number of nitrogens with one attached hydrogen (secondary N) is 1. The zero-order valence-corrected chi connectivity index (χ0v) is 13.6. The van der Waals surface area contributed by atoms with Crippen molar-refractivity contribution in [2.45, 2.75) is 58.7 Å². The number of fused-ring (bicyclic) bond motifs is 1. The Hall–Kier alpha value is -2.11. The van der Waals surface area contributed by atoms with Crippen LogP contribution in [0.2, 0.25) is 0 Å². The van der Waals surface area contributed by atoms with Gasteiger partial charge in [-0.1, -0.05) is 0 Å². The maximum absolute atomic E-state index is 12.4. The van der Waals surface area contributed by atoms with Crippen molar-refractivity contribution in [3.05, 3.63) is 35.7 Å². The van der Waals surface area contributed by atoms with Crippen LogP contribution in [0.15, 0.2) is 18.5 Å². The molecule has 0 fully saturated rings. The van der Waals surface area contributed by atoms with Gasteiger partial charge in [0.15, 0.2) is 0 Å². The molecule has 0 saturated carbocycles. The molecule has 1 atom stereocenters. The molecule has 22 heavy (non-hydrogen) atoms. The molecule has 1 aliphatic heterocycles. The molecule has 1 aliphatic rings. The van der Waals surface area contributed by atoms with Crippen LogP contribution in [0.25, 0.3) is 0 Å². The predicted octanol–water partition coefficient (Wildman–Crippen LogP) is 1.89. The summed E-state index contributed by atoms with van der Waals surface area (Å²) in [5, 5.41) is 7.56. The minimum Gasteiger partial charge on any atom is -0.346 e. The molecule has 2 aromatic rings. The Labute approximate surface area is 130 Å². The quantitative estimate of drug-likeness (QED) is 0.921. The molecular weight excluding hydrogens is 278 g/mol. The number of carbonyl (C=O) groups is 1. The van der Waals surface area contributed by atoms with E-state index in [0.29, 0.717) is 5.69 Å². The van der Waals surface area contributed by atoms with Gasteiger partial charge in [-0.3, -0.25) is 9.48 Å². The first kappa shape index (κ1) is 14.8. The molecule has 6 heteroatoms. The van der Waals surface area contributed by atoms with E-state index in [1.165, 1.54) is 0 Å². The van der Waals surface area contributed by atoms with E-state index in [2.05, 4.69) is 40.7 Å². The summed E-state index contributed by atoms with van der Waals surface area (Å²) in [6.45, 7) is 9.00. The standard InChI is InChI=1S/C16H23N5O/c1-11-9-13(19-21(11)16(2,3)4)15(22)18-12-5-6-14-17-7-8-20(14)10-12/h7-9,12H,5-6,10H2,1-4H3,(H,18,22)/t12-/m1/s1. The third-order valence-corrected chi connectivity index (χ3v) is 4.03. The lowest BCUT2D eigenvalue weighted by molar-refractivity contribution is 0.0921. The van der Waals surface area contributed by atoms with Crippen LogP contribution in [0.3, 0.4) is 0 Å². The molecule has 0 saturated heterocycles. The lowest BCUT2D eigenvalue weighted by atomic mass is 10.1. The zero-order chi connectivity index (χ0) is 15.9. The van der Waals surface area contributed by atoms with Gasteiger partial charge in [-0.15, -0.1) is 0 Å². The highest BCUT2D eigenvalue weighted by Gasteiger charge is 2.24. The van der Waals surface area contributed by atoms with Crippen LogP contribution in [0.1, 0.15) is 49.2 Å². The van der Waals surface area contributed by atoms with Gasteiger partial charge in [0.25, 0.3) is 5.91 Å². The van der Waals surface area contributed by atoms with E-state index < -0.39 is 0 Å². The molecular formula is C16H23N5O. The molecule has 0 unspecified atom stereocenters. The third-order valence-electron chi connectivity index (χ3n) is 4.03. The van der Waals surface area contributed by atoms with Crippen molar-refractivity contribution < 1.29 is 4.79 Å². The normalized spacial score (nSPS) is 18.1. The Morgan fingerprint density at radius 3 is 2.86 bits per heavy atom. The Morgan fingerprint density at radius 1 is 1.41 bits per heavy atom. The van der Waals surface area contributed by atoms with Crippen LogP contribution in [0.4, 0.5) is 0 Å². The van der Waals surface area contributed by atoms with E-state index >= 15 is 0 Å². The summed E-state index contributed by atoms with van der Waals surface area (Å²) < 4.78 is 4.00. The second-order valence-electron chi connectivity index (χ2n) is 6.96. The molecule has 6 nitrogen and oxygen atoms in total. The van der Waals surface area contributed by atoms with Crippen molar-refractivity contribution in [2.24, 2.45) is 0 Å². The van der Waals surface area contributed by atoms with E-state index in [9.17, 15) is 4.79 Å². The molecule has 0 spiro atoms. The van der Waals surface area contributed by atoms with Crippen LogP contribution in [-0.2, 0) is 18.5 Å². The molecule has 2 aromatic heterocycles. The number of nitrogens with zero attached hydrogens (tertiary/aromatic N) is 4. The van der Waals surface area contributed by atoms with Gasteiger partial charge in [-0.2, -0.15) is 5.10 Å². The number of carbonyl (C=O) groups excluding carboxylic acids is 1. The van der Waals surface area contributed by atoms with Gasteiger partial charge in [0.2, 0.25) is 0 Å². The van der Waals surface area contributed by atoms with Gasteiger partial charge >= 0.3 is 0 Å². The van der Waals surface area contributed by atoms with Crippen molar-refractivity contribution in [1.29, 1.82) is 0 Å². The molecule has 0 aromatic carbocycles. The monoisotopic (exact) mass is 301 g/mol. The summed E-state index contributed by atoms with van der Waals surface area (Å²) in [5.41, 5.74) is 1.36. The summed E-state index contributed by atoms with van der Waals surface area (Å²) in [6, 6.07) is 1.99. The molecule has 1 N–H and O–H groups in total. The Balaban J connectivity index is 1.71. The van der Waals surface area contributed by atoms with Crippen LogP contribution in [-0.4, -0.2) is 31.3 Å². The van der Waals surface area contributed by atoms with Crippen LogP contribution >= 0.6 is 0 Å². The van der Waals surface area contributed by atoms with Crippen molar-refractivity contribution in [2.75, 3.05) is 0 Å². The summed E-state index contributed by atoms with van der Waals surface area (Å²) in [5.74, 6) is 0.998. The lowest BCUT2D eigenvalue weighted by Crippen LogP contribution is -2.41. The second-order valence-corrected chi connectivity index (χ2v) is 6.96. The van der Waals surface area contributed by atoms with Crippen LogP contribution < -0.4 is 5.32 Å². The number of aromatic nitrogens is 4. The van der Waals surface area contributed by atoms with Crippen molar-refractivity contribution in [1.82, 2.24) is 24.6 Å². The Kier molecular flexibility index (Phi) is 3.54. The summed E-state index contributed by atoms with van der Waals surface area (Å²) in [6.07, 6.45) is 5.59. The molecule has 1 amide bonds. The van der Waals surface area contributed by atoms with E-state index in [4.69, 9.17) is 0 Å². The smallest absolute Gasteiger partial charge is 0.272 e. The largest absolute Gasteiger partial charge is 0.346 e. The Morgan fingerprint density at radius 2 is 2.18 bits per heavy atom. The van der Waals surface area contributed by atoms with Gasteiger partial charge in [-0.25, -0.2) is 4.98 Å². The first-order chi connectivity index (χ1) is 10.3. The fraction of sp³-hybridized carbons (Fsp3) is 0.562. The molecule has 3 rings (SSSR count). The number of hydrogen-bond donors (Lipinski definition) is 1. The van der Waals surface area contributed by atoms with Gasteiger partial charge < -0.3 is 9.88 Å². The van der Waals surface area contributed by atoms with E-state index in [1.807, 2.05) is 30.1 Å². The van der Waals surface area contributed by atoms with Gasteiger partial charge in [-0.05, 0) is 40.2 Å². The zero-order valence-electron chi connectivity index (χ0n) is 13.6. The average molecular weight is 301 g/mol. The van der Waals surface area contributed by atoms with Gasteiger partial charge in [0.05, 0.1) is 5.54 Å². The summed E-state index contributed by atoms with van der Waals surface area (Å²) >= 11 is 0. The first-order valence-electron chi connectivity index (χ1n) is 7.72. The van der Waals surface area contributed by atoms with Crippen molar-refractivity contribution in [3.63, 3.8) is 0 Å². The van der Waals surface area contributed by atoms with Crippen LogP contribution in [0.5, 0.6) is 0 Å². The highest BCUT2D eigenvalue weighted by molar-refractivity contribution is 5.92. The summed E-state index contributed by atoms with van der Waals surface area (Å²) in [7, 11) is 0. The highest BCUT2D eigenvalue weighted by atomic mass is 16.2. The molecule has 0 aliphatic carbocycles. The molecule has 3 heterocycles. The number of hydrogen-bond acceptors (Lipinski definition) is 3. The minimum absolute atomic E-state index is 0.0975. The second kappa shape index (κ2) is 5.26. The minimum atomic E-state index is -0.126. The van der Waals surface area contributed by atoms with Gasteiger partial charge in [0, 0.05) is 37.1 Å². The fourth-order valence-corrected chi connectivity index (χ4v) is 3.01. The average Bonchev–Trinajstić information content (AvgIpc) is 3.03. The number of rotatable bonds is 2. The molecule has 0 radical (unpaired) electrons. The van der Waals surface area contributed by atoms with E-state index in [0.717, 1.165) is 30.9 Å². The lowest BCUT2D eigenvalue weighted by Gasteiger charge is -2.24. The number of amides is 1. The maximum Gasteiger partial charge on any atom is 0.272 e. The van der Waals surface area contributed by atoms with Gasteiger partial charge in [0.1, 0.15) is 11.5 Å². The summed E-state index contributed by atoms with van der Waals surface area (Å²) in [4.78, 5) is 16.7. The fourth-order valence-electron chi connectivity index (χ4n) is 3.01. The first-order valence-corrected chi connectivity index (χ1v) is 7.72. The molecule has 118 valence electrons. The third kappa shape index (κ3) is 2.77. The van der Waals surface area contributed by atoms with Crippen molar-refractivity contribution in [3.8, 4) is 0 Å².